The molecular formula is C11H17N3O5Si. The quantitative estimate of drug-likeness (QED) is 0.359. The topological polar surface area (TPSA) is 108 Å². The predicted octanol–water partition coefficient (Wildman–Crippen LogP) is 2.77. The molecule has 0 spiro atoms. The van der Waals surface area contributed by atoms with Crippen LogP contribution in [0.4, 0.5) is 17.1 Å². The van der Waals surface area contributed by atoms with Gasteiger partial charge in [-0.25, -0.2) is 0 Å². The SMILES string of the molecule is C[Si](C)(C)OCCNc1ccc([N+](=O)[O-])cc1[N+](=O)[O-]. The van der Waals surface area contributed by atoms with E-state index in [1.807, 2.05) is 19.6 Å². The Balaban J connectivity index is 2.75. The number of hydrogen-bond acceptors (Lipinski definition) is 6. The fraction of sp³-hybridized carbons (Fsp3) is 0.455. The highest BCUT2D eigenvalue weighted by molar-refractivity contribution is 6.69. The van der Waals surface area contributed by atoms with Gasteiger partial charge in [0.2, 0.25) is 0 Å². The van der Waals surface area contributed by atoms with Gasteiger partial charge in [0, 0.05) is 12.6 Å². The standard InChI is InChI=1S/C11H17N3O5Si/c1-20(2,3)19-7-6-12-10-5-4-9(13(15)16)8-11(10)14(17)18/h4-5,8,12H,6-7H2,1-3H3. The molecule has 0 saturated heterocycles. The smallest absolute Gasteiger partial charge is 0.299 e. The Morgan fingerprint density at radius 3 is 2.35 bits per heavy atom. The first-order valence-corrected chi connectivity index (χ1v) is 9.42. The second-order valence-electron chi connectivity index (χ2n) is 5.10. The second-order valence-corrected chi connectivity index (χ2v) is 9.62. The Bertz CT molecular complexity index is 515. The van der Waals surface area contributed by atoms with Crippen molar-refractivity contribution in [2.24, 2.45) is 0 Å². The van der Waals surface area contributed by atoms with Crippen molar-refractivity contribution in [2.75, 3.05) is 18.5 Å². The molecule has 9 heteroatoms. The number of nitrogens with one attached hydrogen (secondary N) is 1. The average molecular weight is 299 g/mol. The van der Waals surface area contributed by atoms with E-state index >= 15 is 0 Å². The summed E-state index contributed by atoms with van der Waals surface area (Å²) in [5, 5.41) is 24.4. The molecule has 0 heterocycles. The van der Waals surface area contributed by atoms with Crippen LogP contribution in [0.25, 0.3) is 0 Å². The van der Waals surface area contributed by atoms with Crippen LogP contribution in [-0.2, 0) is 4.43 Å². The minimum absolute atomic E-state index is 0.250. The Hall–Kier alpha value is -2.00. The zero-order valence-electron chi connectivity index (χ0n) is 11.6. The number of benzene rings is 1. The fourth-order valence-corrected chi connectivity index (χ4v) is 2.19. The molecule has 20 heavy (non-hydrogen) atoms. The number of hydrogen-bond donors (Lipinski definition) is 1. The molecule has 0 radical (unpaired) electrons. The third-order valence-electron chi connectivity index (χ3n) is 2.34. The predicted molar refractivity (Wildman–Crippen MR) is 77.5 cm³/mol. The Labute approximate surface area is 117 Å². The van der Waals surface area contributed by atoms with Gasteiger partial charge in [0.25, 0.3) is 11.4 Å². The molecule has 0 saturated carbocycles. The monoisotopic (exact) mass is 299 g/mol. The third-order valence-corrected chi connectivity index (χ3v) is 3.41. The van der Waals surface area contributed by atoms with Crippen molar-refractivity contribution in [1.29, 1.82) is 0 Å². The molecule has 1 rings (SSSR count). The molecule has 1 N–H and O–H groups in total. The van der Waals surface area contributed by atoms with Crippen molar-refractivity contribution in [3.63, 3.8) is 0 Å². The van der Waals surface area contributed by atoms with Crippen molar-refractivity contribution in [3.8, 4) is 0 Å². The molecule has 0 aliphatic rings. The van der Waals surface area contributed by atoms with Crippen LogP contribution in [0.15, 0.2) is 18.2 Å². The van der Waals surface area contributed by atoms with E-state index in [1.54, 1.807) is 0 Å². The first-order valence-electron chi connectivity index (χ1n) is 6.01. The summed E-state index contributed by atoms with van der Waals surface area (Å²) < 4.78 is 5.61. The lowest BCUT2D eigenvalue weighted by Gasteiger charge is -2.17. The average Bonchev–Trinajstić information content (AvgIpc) is 2.33. The van der Waals surface area contributed by atoms with Gasteiger partial charge in [0.15, 0.2) is 8.32 Å². The Kier molecular flexibility index (Phi) is 5.17. The molecule has 0 amide bonds. The lowest BCUT2D eigenvalue weighted by atomic mass is 10.2. The molecular weight excluding hydrogens is 282 g/mol. The summed E-state index contributed by atoms with van der Waals surface area (Å²) in [7, 11) is -1.62. The van der Waals surface area contributed by atoms with E-state index in [0.29, 0.717) is 13.2 Å². The largest absolute Gasteiger partial charge is 0.416 e. The highest BCUT2D eigenvalue weighted by Gasteiger charge is 2.19. The summed E-state index contributed by atoms with van der Waals surface area (Å²) in [4.78, 5) is 20.2. The van der Waals surface area contributed by atoms with Crippen molar-refractivity contribution in [3.05, 3.63) is 38.4 Å². The van der Waals surface area contributed by atoms with Crippen LogP contribution in [0.3, 0.4) is 0 Å². The van der Waals surface area contributed by atoms with Crippen LogP contribution < -0.4 is 5.32 Å². The number of anilines is 1. The number of non-ortho nitro benzene ring substituents is 1. The maximum Gasteiger partial charge on any atom is 0.299 e. The molecule has 0 aromatic heterocycles. The minimum Gasteiger partial charge on any atom is -0.416 e. The molecule has 0 aliphatic heterocycles. The van der Waals surface area contributed by atoms with Crippen molar-refractivity contribution < 1.29 is 14.3 Å². The highest BCUT2D eigenvalue weighted by atomic mass is 28.4. The molecule has 0 unspecified atom stereocenters. The Morgan fingerprint density at radius 1 is 1.20 bits per heavy atom. The number of nitro groups is 2. The van der Waals surface area contributed by atoms with Gasteiger partial charge < -0.3 is 9.74 Å². The molecule has 1 aromatic rings. The number of nitro benzene ring substituents is 2. The first-order chi connectivity index (χ1) is 9.20. The molecule has 0 bridgehead atoms. The van der Waals surface area contributed by atoms with Gasteiger partial charge in [-0.05, 0) is 25.7 Å². The zero-order valence-corrected chi connectivity index (χ0v) is 12.6. The van der Waals surface area contributed by atoms with E-state index in [-0.39, 0.29) is 17.1 Å². The summed E-state index contributed by atoms with van der Waals surface area (Å²) in [5.74, 6) is 0. The van der Waals surface area contributed by atoms with Crippen LogP contribution in [-0.4, -0.2) is 31.3 Å². The van der Waals surface area contributed by atoms with Gasteiger partial charge in [-0.2, -0.15) is 0 Å². The molecule has 1 aromatic carbocycles. The Morgan fingerprint density at radius 2 is 1.85 bits per heavy atom. The van der Waals surface area contributed by atoms with E-state index in [9.17, 15) is 20.2 Å². The molecule has 110 valence electrons. The van der Waals surface area contributed by atoms with E-state index in [0.717, 1.165) is 6.07 Å². The summed E-state index contributed by atoms with van der Waals surface area (Å²) in [5.41, 5.74) is -0.368. The van der Waals surface area contributed by atoms with E-state index in [1.165, 1.54) is 12.1 Å². The van der Waals surface area contributed by atoms with Gasteiger partial charge in [0.05, 0.1) is 22.5 Å². The van der Waals surface area contributed by atoms with Crippen LogP contribution >= 0.6 is 0 Å². The zero-order chi connectivity index (χ0) is 15.3. The van der Waals surface area contributed by atoms with E-state index in [4.69, 9.17) is 4.43 Å². The highest BCUT2D eigenvalue weighted by Crippen LogP contribution is 2.28. The van der Waals surface area contributed by atoms with Crippen molar-refractivity contribution >= 4 is 25.4 Å². The summed E-state index contributed by atoms with van der Waals surface area (Å²) >= 11 is 0. The van der Waals surface area contributed by atoms with E-state index in [2.05, 4.69) is 5.32 Å². The van der Waals surface area contributed by atoms with Crippen LogP contribution in [0.5, 0.6) is 0 Å². The van der Waals surface area contributed by atoms with Crippen LogP contribution in [0.1, 0.15) is 0 Å². The maximum absolute atomic E-state index is 10.9. The molecule has 0 fully saturated rings. The number of rotatable bonds is 7. The minimum atomic E-state index is -1.62. The molecule has 0 atom stereocenters. The maximum atomic E-state index is 10.9. The van der Waals surface area contributed by atoms with Crippen molar-refractivity contribution in [1.82, 2.24) is 0 Å². The van der Waals surface area contributed by atoms with Crippen LogP contribution in [0.2, 0.25) is 19.6 Å². The van der Waals surface area contributed by atoms with Gasteiger partial charge in [0.1, 0.15) is 5.69 Å². The first kappa shape index (κ1) is 16.1. The van der Waals surface area contributed by atoms with Gasteiger partial charge in [-0.15, -0.1) is 0 Å². The lowest BCUT2D eigenvalue weighted by molar-refractivity contribution is -0.393. The lowest BCUT2D eigenvalue weighted by Crippen LogP contribution is -2.28. The van der Waals surface area contributed by atoms with E-state index < -0.39 is 18.2 Å². The van der Waals surface area contributed by atoms with Gasteiger partial charge >= 0.3 is 0 Å². The van der Waals surface area contributed by atoms with Gasteiger partial charge in [-0.3, -0.25) is 20.2 Å². The van der Waals surface area contributed by atoms with Gasteiger partial charge in [-0.1, -0.05) is 0 Å². The molecule has 8 nitrogen and oxygen atoms in total. The number of nitrogens with zero attached hydrogens (tertiary/aromatic N) is 2. The fourth-order valence-electron chi connectivity index (χ4n) is 1.48. The normalized spacial score (nSPS) is 11.2. The van der Waals surface area contributed by atoms with Crippen molar-refractivity contribution in [2.45, 2.75) is 19.6 Å². The summed E-state index contributed by atoms with van der Waals surface area (Å²) in [6.07, 6.45) is 0. The summed E-state index contributed by atoms with van der Waals surface area (Å²) in [6.45, 7) is 6.97. The second kappa shape index (κ2) is 6.44. The third kappa shape index (κ3) is 4.94. The molecule has 0 aliphatic carbocycles. The summed E-state index contributed by atoms with van der Waals surface area (Å²) in [6, 6.07) is 3.52. The van der Waals surface area contributed by atoms with Crippen LogP contribution in [0, 0.1) is 20.2 Å².